The average Bonchev–Trinajstić information content (AvgIpc) is 2.74. The van der Waals surface area contributed by atoms with E-state index < -0.39 is 0 Å². The third kappa shape index (κ3) is 3.57. The molecule has 0 aliphatic heterocycles. The van der Waals surface area contributed by atoms with Gasteiger partial charge in [0.25, 0.3) is 0 Å². The van der Waals surface area contributed by atoms with Gasteiger partial charge >= 0.3 is 0 Å². The summed E-state index contributed by atoms with van der Waals surface area (Å²) in [7, 11) is 1.99. The van der Waals surface area contributed by atoms with E-state index in [1.807, 2.05) is 17.9 Å². The van der Waals surface area contributed by atoms with Gasteiger partial charge in [0, 0.05) is 18.1 Å². The van der Waals surface area contributed by atoms with Gasteiger partial charge in [0.15, 0.2) is 0 Å². The average molecular weight is 299 g/mol. The van der Waals surface area contributed by atoms with Crippen molar-refractivity contribution in [3.05, 3.63) is 18.0 Å². The van der Waals surface area contributed by atoms with Crippen molar-refractivity contribution in [1.82, 2.24) is 9.78 Å². The molecular formula is C14H23BrN2. The van der Waals surface area contributed by atoms with Gasteiger partial charge in [-0.25, -0.2) is 0 Å². The van der Waals surface area contributed by atoms with Gasteiger partial charge in [-0.15, -0.1) is 0 Å². The number of hydrogen-bond donors (Lipinski definition) is 0. The van der Waals surface area contributed by atoms with Crippen LogP contribution >= 0.6 is 15.9 Å². The molecule has 1 aromatic rings. The van der Waals surface area contributed by atoms with E-state index in [1.54, 1.807) is 0 Å². The second-order valence-electron chi connectivity index (χ2n) is 5.42. The normalized spacial score (nSPS) is 29.5. The van der Waals surface area contributed by atoms with Crippen LogP contribution in [-0.4, -0.2) is 14.6 Å². The number of aromatic nitrogens is 2. The second-order valence-corrected chi connectivity index (χ2v) is 6.60. The van der Waals surface area contributed by atoms with Gasteiger partial charge in [0.2, 0.25) is 0 Å². The third-order valence-electron chi connectivity index (χ3n) is 4.14. The fraction of sp³-hybridized carbons (Fsp3) is 0.786. The van der Waals surface area contributed by atoms with Gasteiger partial charge in [-0.2, -0.15) is 5.10 Å². The van der Waals surface area contributed by atoms with Crippen molar-refractivity contribution in [2.45, 2.75) is 50.3 Å². The van der Waals surface area contributed by atoms with Gasteiger partial charge in [-0.3, -0.25) is 4.68 Å². The lowest BCUT2D eigenvalue weighted by Gasteiger charge is -2.32. The number of halogens is 1. The maximum Gasteiger partial charge on any atom is 0.0521 e. The molecule has 3 heteroatoms. The summed E-state index contributed by atoms with van der Waals surface area (Å²) < 4.78 is 1.90. The van der Waals surface area contributed by atoms with Crippen LogP contribution in [0.2, 0.25) is 0 Å². The molecule has 0 amide bonds. The zero-order valence-electron chi connectivity index (χ0n) is 10.9. The molecule has 1 fully saturated rings. The van der Waals surface area contributed by atoms with E-state index in [-0.39, 0.29) is 0 Å². The smallest absolute Gasteiger partial charge is 0.0521 e. The molecule has 3 unspecified atom stereocenters. The Hall–Kier alpha value is -0.310. The van der Waals surface area contributed by atoms with Crippen LogP contribution in [0.3, 0.4) is 0 Å². The first-order valence-electron chi connectivity index (χ1n) is 6.80. The summed E-state index contributed by atoms with van der Waals surface area (Å²) >= 11 is 3.87. The highest BCUT2D eigenvalue weighted by Crippen LogP contribution is 2.37. The van der Waals surface area contributed by atoms with Crippen LogP contribution in [0.15, 0.2) is 12.4 Å². The molecular weight excluding hydrogens is 276 g/mol. The molecule has 1 heterocycles. The van der Waals surface area contributed by atoms with Crippen molar-refractivity contribution >= 4 is 15.9 Å². The molecule has 0 aromatic carbocycles. The molecule has 0 N–H and O–H groups in total. The molecule has 0 saturated heterocycles. The Bertz CT molecular complexity index is 348. The summed E-state index contributed by atoms with van der Waals surface area (Å²) in [5.74, 6) is 1.82. The zero-order chi connectivity index (χ0) is 12.3. The molecule has 1 aromatic heterocycles. The summed E-state index contributed by atoms with van der Waals surface area (Å²) in [6.45, 7) is 2.33. The van der Waals surface area contributed by atoms with Crippen molar-refractivity contribution in [2.75, 3.05) is 0 Å². The van der Waals surface area contributed by atoms with Crippen LogP contribution in [0, 0.1) is 11.8 Å². The van der Waals surface area contributed by atoms with Gasteiger partial charge in [0.1, 0.15) is 0 Å². The molecule has 17 heavy (non-hydrogen) atoms. The molecule has 1 aliphatic carbocycles. The molecule has 2 nitrogen and oxygen atoms in total. The first-order valence-corrected chi connectivity index (χ1v) is 7.72. The minimum absolute atomic E-state index is 0.738. The number of aryl methyl sites for hydroxylation is 2. The summed E-state index contributed by atoms with van der Waals surface area (Å²) in [4.78, 5) is 0.738. The lowest BCUT2D eigenvalue weighted by Crippen LogP contribution is -2.25. The van der Waals surface area contributed by atoms with Crippen LogP contribution in [0.5, 0.6) is 0 Å². The zero-order valence-corrected chi connectivity index (χ0v) is 12.5. The monoisotopic (exact) mass is 298 g/mol. The summed E-state index contributed by atoms with van der Waals surface area (Å²) in [5.41, 5.74) is 1.38. The van der Waals surface area contributed by atoms with Gasteiger partial charge in [-0.1, -0.05) is 29.3 Å². The molecule has 0 spiro atoms. The summed E-state index contributed by atoms with van der Waals surface area (Å²) in [5, 5.41) is 4.24. The van der Waals surface area contributed by atoms with E-state index in [0.29, 0.717) is 0 Å². The molecule has 0 bridgehead atoms. The predicted octanol–water partition coefficient (Wildman–Crippen LogP) is 3.94. The van der Waals surface area contributed by atoms with E-state index in [4.69, 9.17) is 0 Å². The van der Waals surface area contributed by atoms with Crippen LogP contribution in [0.4, 0.5) is 0 Å². The number of hydrogen-bond acceptors (Lipinski definition) is 1. The SMILES string of the molecule is CCC1CCC(Br)C(CCc2cnn(C)c2)C1. The van der Waals surface area contributed by atoms with E-state index in [0.717, 1.165) is 16.7 Å². The minimum atomic E-state index is 0.738. The fourth-order valence-electron chi connectivity index (χ4n) is 2.95. The Labute approximate surface area is 113 Å². The minimum Gasteiger partial charge on any atom is -0.276 e. The van der Waals surface area contributed by atoms with E-state index in [2.05, 4.69) is 34.1 Å². The molecule has 1 aliphatic rings. The third-order valence-corrected chi connectivity index (χ3v) is 5.34. The standard InChI is InChI=1S/C14H23BrN2/c1-3-11-5-7-14(15)13(8-11)6-4-12-9-16-17(2)10-12/h9-11,13-14H,3-8H2,1-2H3. The molecule has 0 radical (unpaired) electrons. The predicted molar refractivity (Wildman–Crippen MR) is 75.4 cm³/mol. The maximum atomic E-state index is 4.24. The Morgan fingerprint density at radius 3 is 2.94 bits per heavy atom. The fourth-order valence-corrected chi connectivity index (χ4v) is 3.69. The van der Waals surface area contributed by atoms with Crippen molar-refractivity contribution in [3.63, 3.8) is 0 Å². The largest absolute Gasteiger partial charge is 0.276 e. The van der Waals surface area contributed by atoms with E-state index >= 15 is 0 Å². The van der Waals surface area contributed by atoms with Gasteiger partial charge in [-0.05, 0) is 49.5 Å². The molecule has 1 saturated carbocycles. The Kier molecular flexibility index (Phi) is 4.66. The molecule has 3 atom stereocenters. The summed E-state index contributed by atoms with van der Waals surface area (Å²) in [6, 6.07) is 0. The number of rotatable bonds is 4. The van der Waals surface area contributed by atoms with Crippen molar-refractivity contribution in [3.8, 4) is 0 Å². The lowest BCUT2D eigenvalue weighted by atomic mass is 9.78. The Morgan fingerprint density at radius 1 is 1.47 bits per heavy atom. The van der Waals surface area contributed by atoms with Gasteiger partial charge in [0.05, 0.1) is 6.20 Å². The van der Waals surface area contributed by atoms with Crippen LogP contribution < -0.4 is 0 Å². The van der Waals surface area contributed by atoms with Crippen LogP contribution in [0.25, 0.3) is 0 Å². The highest BCUT2D eigenvalue weighted by molar-refractivity contribution is 9.09. The quantitative estimate of drug-likeness (QED) is 0.770. The number of alkyl halides is 1. The summed E-state index contributed by atoms with van der Waals surface area (Å²) in [6.07, 6.45) is 12.2. The first kappa shape index (κ1) is 13.1. The van der Waals surface area contributed by atoms with E-state index in [1.165, 1.54) is 44.1 Å². The molecule has 2 rings (SSSR count). The lowest BCUT2D eigenvalue weighted by molar-refractivity contribution is 0.261. The van der Waals surface area contributed by atoms with Crippen molar-refractivity contribution in [2.24, 2.45) is 18.9 Å². The topological polar surface area (TPSA) is 17.8 Å². The van der Waals surface area contributed by atoms with Crippen LogP contribution in [0.1, 0.15) is 44.6 Å². The van der Waals surface area contributed by atoms with Crippen molar-refractivity contribution < 1.29 is 0 Å². The highest BCUT2D eigenvalue weighted by Gasteiger charge is 2.27. The van der Waals surface area contributed by atoms with E-state index in [9.17, 15) is 0 Å². The molecule has 96 valence electrons. The first-order chi connectivity index (χ1) is 8.19. The van der Waals surface area contributed by atoms with Gasteiger partial charge < -0.3 is 0 Å². The maximum absolute atomic E-state index is 4.24. The Balaban J connectivity index is 1.84. The van der Waals surface area contributed by atoms with Crippen molar-refractivity contribution in [1.29, 1.82) is 0 Å². The number of nitrogens with zero attached hydrogens (tertiary/aromatic N) is 2. The highest BCUT2D eigenvalue weighted by atomic mass is 79.9. The van der Waals surface area contributed by atoms with Crippen LogP contribution in [-0.2, 0) is 13.5 Å². The Morgan fingerprint density at radius 2 is 2.29 bits per heavy atom. The second kappa shape index (κ2) is 6.03.